The van der Waals surface area contributed by atoms with Gasteiger partial charge in [-0.25, -0.2) is 8.42 Å². The van der Waals surface area contributed by atoms with Crippen LogP contribution in [0.5, 0.6) is 0 Å². The van der Waals surface area contributed by atoms with Gasteiger partial charge in [-0.05, 0) is 37.8 Å². The lowest BCUT2D eigenvalue weighted by atomic mass is 10.0. The Balaban J connectivity index is 0.00000280. The third-order valence-electron chi connectivity index (χ3n) is 5.33. The van der Waals surface area contributed by atoms with Crippen LogP contribution in [0, 0.1) is 12.3 Å². The number of nitrogens with one attached hydrogen (secondary N) is 1. The molecule has 158 valence electrons. The number of morpholine rings is 1. The van der Waals surface area contributed by atoms with Gasteiger partial charge in [-0.3, -0.25) is 4.99 Å². The third kappa shape index (κ3) is 6.32. The van der Waals surface area contributed by atoms with E-state index in [0.717, 1.165) is 38.4 Å². The van der Waals surface area contributed by atoms with Crippen molar-refractivity contribution in [3.8, 4) is 0 Å². The molecule has 1 N–H and O–H groups in total. The molecule has 1 atom stereocenters. The summed E-state index contributed by atoms with van der Waals surface area (Å²) in [5.41, 5.74) is 2.29. The standard InChI is InChI=1S/C20H31N3O3S.HI/c1-4-21-19(22-14-20(9-10-20)15-27(3,24)25)23-11-12-26-18(13-23)17-8-6-5-7-16(17)2;/h5-8,18H,4,9-15H2,1-3H3,(H,21,22);1H. The molecule has 3 rings (SSSR count). The van der Waals surface area contributed by atoms with Crippen molar-refractivity contribution in [1.29, 1.82) is 0 Å². The van der Waals surface area contributed by atoms with Crippen LogP contribution in [0.15, 0.2) is 29.3 Å². The molecule has 0 spiro atoms. The zero-order chi connectivity index (χ0) is 19.5. The van der Waals surface area contributed by atoms with Gasteiger partial charge in [-0.1, -0.05) is 24.3 Å². The number of hydrogen-bond acceptors (Lipinski definition) is 4. The highest BCUT2D eigenvalue weighted by Crippen LogP contribution is 2.47. The fourth-order valence-electron chi connectivity index (χ4n) is 3.73. The molecule has 0 aromatic heterocycles. The van der Waals surface area contributed by atoms with Crippen molar-refractivity contribution in [3.05, 3.63) is 35.4 Å². The van der Waals surface area contributed by atoms with Gasteiger partial charge in [0.1, 0.15) is 15.9 Å². The maximum atomic E-state index is 11.7. The third-order valence-corrected chi connectivity index (χ3v) is 6.46. The molecule has 0 bridgehead atoms. The fourth-order valence-corrected chi connectivity index (χ4v) is 5.22. The molecular weight excluding hydrogens is 489 g/mol. The molecule has 1 aromatic rings. The van der Waals surface area contributed by atoms with Gasteiger partial charge in [-0.15, -0.1) is 24.0 Å². The van der Waals surface area contributed by atoms with E-state index in [1.54, 1.807) is 0 Å². The maximum Gasteiger partial charge on any atom is 0.194 e. The lowest BCUT2D eigenvalue weighted by Gasteiger charge is -2.36. The van der Waals surface area contributed by atoms with E-state index in [1.807, 2.05) is 12.1 Å². The molecule has 1 aromatic carbocycles. The van der Waals surface area contributed by atoms with Gasteiger partial charge in [0.15, 0.2) is 5.96 Å². The Bertz CT molecular complexity index is 794. The smallest absolute Gasteiger partial charge is 0.194 e. The zero-order valence-electron chi connectivity index (χ0n) is 17.0. The summed E-state index contributed by atoms with van der Waals surface area (Å²) in [5, 5.41) is 3.37. The minimum absolute atomic E-state index is 0. The number of benzene rings is 1. The van der Waals surface area contributed by atoms with Crippen LogP contribution in [0.3, 0.4) is 0 Å². The number of guanidine groups is 1. The summed E-state index contributed by atoms with van der Waals surface area (Å²) in [4.78, 5) is 7.05. The Morgan fingerprint density at radius 1 is 1.36 bits per heavy atom. The molecule has 1 saturated heterocycles. The topological polar surface area (TPSA) is 71.0 Å². The van der Waals surface area contributed by atoms with E-state index in [-0.39, 0.29) is 41.2 Å². The molecular formula is C20H32IN3O3S. The quantitative estimate of drug-likeness (QED) is 0.354. The van der Waals surface area contributed by atoms with E-state index >= 15 is 0 Å². The van der Waals surface area contributed by atoms with E-state index in [0.29, 0.717) is 13.2 Å². The first-order valence-electron chi connectivity index (χ1n) is 9.70. The molecule has 28 heavy (non-hydrogen) atoms. The molecule has 6 nitrogen and oxygen atoms in total. The molecule has 1 aliphatic carbocycles. The highest BCUT2D eigenvalue weighted by molar-refractivity contribution is 14.0. The first-order chi connectivity index (χ1) is 12.8. The van der Waals surface area contributed by atoms with Gasteiger partial charge in [0.2, 0.25) is 0 Å². The molecule has 1 heterocycles. The van der Waals surface area contributed by atoms with E-state index in [2.05, 4.69) is 36.2 Å². The second-order valence-electron chi connectivity index (χ2n) is 7.90. The van der Waals surface area contributed by atoms with Crippen LogP contribution in [-0.2, 0) is 14.6 Å². The van der Waals surface area contributed by atoms with E-state index in [1.165, 1.54) is 17.4 Å². The predicted molar refractivity (Wildman–Crippen MR) is 124 cm³/mol. The fraction of sp³-hybridized carbons (Fsp3) is 0.650. The van der Waals surface area contributed by atoms with Gasteiger partial charge in [0.25, 0.3) is 0 Å². The second kappa shape index (κ2) is 9.75. The lowest BCUT2D eigenvalue weighted by Crippen LogP contribution is -2.48. The number of aryl methyl sites for hydroxylation is 1. The SMILES string of the molecule is CCNC(=NCC1(CS(C)(=O)=O)CC1)N1CCOC(c2ccccc2C)C1.I. The van der Waals surface area contributed by atoms with E-state index < -0.39 is 9.84 Å². The molecule has 8 heteroatoms. The first kappa shape index (κ1) is 23.4. The maximum absolute atomic E-state index is 11.7. The lowest BCUT2D eigenvalue weighted by molar-refractivity contribution is -0.00835. The Kier molecular flexibility index (Phi) is 8.16. The summed E-state index contributed by atoms with van der Waals surface area (Å²) < 4.78 is 29.4. The summed E-state index contributed by atoms with van der Waals surface area (Å²) in [6, 6.07) is 8.33. The molecule has 1 saturated carbocycles. The van der Waals surface area contributed by atoms with Crippen molar-refractivity contribution in [2.75, 3.05) is 44.8 Å². The number of sulfone groups is 1. The predicted octanol–water partition coefficient (Wildman–Crippen LogP) is 2.78. The Labute approximate surface area is 186 Å². The van der Waals surface area contributed by atoms with Crippen LogP contribution < -0.4 is 5.32 Å². The van der Waals surface area contributed by atoms with E-state index in [9.17, 15) is 8.42 Å². The van der Waals surface area contributed by atoms with E-state index in [4.69, 9.17) is 9.73 Å². The minimum atomic E-state index is -2.98. The molecule has 1 aliphatic heterocycles. The average molecular weight is 521 g/mol. The highest BCUT2D eigenvalue weighted by Gasteiger charge is 2.45. The van der Waals surface area contributed by atoms with Crippen LogP contribution >= 0.6 is 24.0 Å². The van der Waals surface area contributed by atoms with Crippen LogP contribution in [0.25, 0.3) is 0 Å². The number of nitrogens with zero attached hydrogens (tertiary/aromatic N) is 2. The second-order valence-corrected chi connectivity index (χ2v) is 10.0. The van der Waals surface area contributed by atoms with Gasteiger partial charge in [0, 0.05) is 31.3 Å². The van der Waals surface area contributed by atoms with Crippen molar-refractivity contribution in [2.24, 2.45) is 10.4 Å². The molecule has 1 unspecified atom stereocenters. The van der Waals surface area contributed by atoms with Crippen LogP contribution in [0.4, 0.5) is 0 Å². The van der Waals surface area contributed by atoms with Crippen molar-refractivity contribution in [1.82, 2.24) is 10.2 Å². The van der Waals surface area contributed by atoms with Crippen molar-refractivity contribution in [2.45, 2.75) is 32.8 Å². The average Bonchev–Trinajstić information content (AvgIpc) is 3.37. The van der Waals surface area contributed by atoms with Gasteiger partial charge >= 0.3 is 0 Å². The van der Waals surface area contributed by atoms with Crippen molar-refractivity contribution in [3.63, 3.8) is 0 Å². The number of ether oxygens (including phenoxy) is 1. The van der Waals surface area contributed by atoms with Crippen LogP contribution in [0.1, 0.15) is 37.0 Å². The first-order valence-corrected chi connectivity index (χ1v) is 11.8. The molecule has 0 amide bonds. The normalized spacial score (nSPS) is 21.8. The zero-order valence-corrected chi connectivity index (χ0v) is 20.1. The molecule has 0 radical (unpaired) electrons. The molecule has 2 fully saturated rings. The number of aliphatic imine (C=N–C) groups is 1. The highest BCUT2D eigenvalue weighted by atomic mass is 127. The Morgan fingerprint density at radius 3 is 2.68 bits per heavy atom. The van der Waals surface area contributed by atoms with Gasteiger partial charge in [-0.2, -0.15) is 0 Å². The summed E-state index contributed by atoms with van der Waals surface area (Å²) >= 11 is 0. The van der Waals surface area contributed by atoms with Crippen molar-refractivity contribution >= 4 is 39.8 Å². The van der Waals surface area contributed by atoms with Crippen molar-refractivity contribution < 1.29 is 13.2 Å². The Hall–Kier alpha value is -0.870. The minimum Gasteiger partial charge on any atom is -0.370 e. The Morgan fingerprint density at radius 2 is 2.07 bits per heavy atom. The van der Waals surface area contributed by atoms with Crippen LogP contribution in [0.2, 0.25) is 0 Å². The van der Waals surface area contributed by atoms with Gasteiger partial charge < -0.3 is 15.0 Å². The largest absolute Gasteiger partial charge is 0.370 e. The summed E-state index contributed by atoms with van der Waals surface area (Å²) in [7, 11) is -2.98. The number of halogens is 1. The number of rotatable bonds is 6. The number of hydrogen-bond donors (Lipinski definition) is 1. The summed E-state index contributed by atoms with van der Waals surface area (Å²) in [5.74, 6) is 1.09. The monoisotopic (exact) mass is 521 g/mol. The summed E-state index contributed by atoms with van der Waals surface area (Å²) in [6.45, 7) is 7.69. The van der Waals surface area contributed by atoms with Gasteiger partial charge in [0.05, 0.1) is 18.9 Å². The molecule has 2 aliphatic rings. The van der Waals surface area contributed by atoms with Crippen LogP contribution in [-0.4, -0.2) is 64.1 Å². The summed E-state index contributed by atoms with van der Waals surface area (Å²) in [6.07, 6.45) is 3.22.